The molecule has 4 nitrogen and oxygen atoms in total. The third kappa shape index (κ3) is 9.12. The van der Waals surface area contributed by atoms with Crippen LogP contribution in [0.3, 0.4) is 0 Å². The van der Waals surface area contributed by atoms with Gasteiger partial charge < -0.3 is 5.11 Å². The van der Waals surface area contributed by atoms with Gasteiger partial charge in [0.25, 0.3) is 10.1 Å². The van der Waals surface area contributed by atoms with Gasteiger partial charge in [0.15, 0.2) is 5.44 Å². The summed E-state index contributed by atoms with van der Waals surface area (Å²) in [4.78, 5) is 0. The van der Waals surface area contributed by atoms with Crippen LogP contribution in [0.4, 0.5) is 0 Å². The molecular formula is C11H24O4S. The van der Waals surface area contributed by atoms with Crippen molar-refractivity contribution in [3.8, 4) is 0 Å². The van der Waals surface area contributed by atoms with Crippen LogP contribution in [0.5, 0.6) is 0 Å². The van der Waals surface area contributed by atoms with Crippen LogP contribution in [-0.4, -0.2) is 23.5 Å². The maximum Gasteiger partial charge on any atom is 0.291 e. The molecule has 1 atom stereocenters. The van der Waals surface area contributed by atoms with Crippen LogP contribution < -0.4 is 0 Å². The van der Waals surface area contributed by atoms with Gasteiger partial charge in [-0.05, 0) is 12.8 Å². The van der Waals surface area contributed by atoms with E-state index in [1.165, 1.54) is 32.1 Å². The maximum absolute atomic E-state index is 10.5. The van der Waals surface area contributed by atoms with E-state index in [0.29, 0.717) is 6.42 Å². The summed E-state index contributed by atoms with van der Waals surface area (Å²) in [5.41, 5.74) is -1.60. The Kier molecular flexibility index (Phi) is 8.89. The van der Waals surface area contributed by atoms with Crippen LogP contribution >= 0.6 is 0 Å². The average molecular weight is 252 g/mol. The molecule has 0 aromatic carbocycles. The van der Waals surface area contributed by atoms with E-state index < -0.39 is 15.6 Å². The topological polar surface area (TPSA) is 74.6 Å². The predicted octanol–water partition coefficient (Wildman–Crippen LogP) is 2.72. The van der Waals surface area contributed by atoms with Crippen molar-refractivity contribution in [1.29, 1.82) is 0 Å². The van der Waals surface area contributed by atoms with E-state index >= 15 is 0 Å². The summed E-state index contributed by atoms with van der Waals surface area (Å²) in [6.45, 7) is 2.18. The second kappa shape index (κ2) is 8.96. The van der Waals surface area contributed by atoms with Gasteiger partial charge in [0, 0.05) is 0 Å². The largest absolute Gasteiger partial charge is 0.375 e. The fourth-order valence-corrected chi connectivity index (χ4v) is 2.07. The highest BCUT2D eigenvalue weighted by atomic mass is 32.2. The number of unbranched alkanes of at least 4 members (excludes halogenated alkanes) is 7. The van der Waals surface area contributed by atoms with E-state index in [9.17, 15) is 8.42 Å². The van der Waals surface area contributed by atoms with Gasteiger partial charge in [-0.3, -0.25) is 4.55 Å². The number of hydrogen-bond donors (Lipinski definition) is 2. The molecule has 0 radical (unpaired) electrons. The maximum atomic E-state index is 10.5. The summed E-state index contributed by atoms with van der Waals surface area (Å²) in [6.07, 6.45) is 8.95. The monoisotopic (exact) mass is 252 g/mol. The van der Waals surface area contributed by atoms with Gasteiger partial charge >= 0.3 is 0 Å². The highest BCUT2D eigenvalue weighted by molar-refractivity contribution is 7.86. The van der Waals surface area contributed by atoms with E-state index in [0.717, 1.165) is 12.8 Å². The molecule has 0 aliphatic heterocycles. The number of rotatable bonds is 10. The summed E-state index contributed by atoms with van der Waals surface area (Å²) in [5.74, 6) is 0. The van der Waals surface area contributed by atoms with Crippen molar-refractivity contribution in [2.75, 3.05) is 0 Å². The van der Waals surface area contributed by atoms with E-state index in [1.807, 2.05) is 0 Å². The fraction of sp³-hybridized carbons (Fsp3) is 1.00. The summed E-state index contributed by atoms with van der Waals surface area (Å²) >= 11 is 0. The Morgan fingerprint density at radius 1 is 0.938 bits per heavy atom. The lowest BCUT2D eigenvalue weighted by Gasteiger charge is -2.06. The molecule has 0 amide bonds. The first-order valence-electron chi connectivity index (χ1n) is 6.13. The Hall–Kier alpha value is -0.130. The van der Waals surface area contributed by atoms with Crippen molar-refractivity contribution < 1.29 is 18.1 Å². The molecule has 2 N–H and O–H groups in total. The van der Waals surface area contributed by atoms with Gasteiger partial charge in [-0.25, -0.2) is 0 Å². The second-order valence-corrected chi connectivity index (χ2v) is 5.81. The van der Waals surface area contributed by atoms with Crippen molar-refractivity contribution in [1.82, 2.24) is 0 Å². The van der Waals surface area contributed by atoms with Gasteiger partial charge in [-0.15, -0.1) is 0 Å². The first-order chi connectivity index (χ1) is 7.48. The first kappa shape index (κ1) is 15.9. The number of hydrogen-bond acceptors (Lipinski definition) is 3. The standard InChI is InChI=1S/C11H24O4S/c1-2-3-4-5-6-7-8-9-10-11(12)16(13,14)15/h11-12H,2-10H2,1H3,(H,13,14,15). The molecule has 0 spiro atoms. The van der Waals surface area contributed by atoms with E-state index in [-0.39, 0.29) is 6.42 Å². The molecule has 0 saturated carbocycles. The van der Waals surface area contributed by atoms with Gasteiger partial charge in [0.05, 0.1) is 0 Å². The van der Waals surface area contributed by atoms with E-state index in [2.05, 4.69) is 6.92 Å². The predicted molar refractivity (Wildman–Crippen MR) is 64.8 cm³/mol. The minimum Gasteiger partial charge on any atom is -0.375 e. The Morgan fingerprint density at radius 3 is 1.81 bits per heavy atom. The summed E-state index contributed by atoms with van der Waals surface area (Å²) in [6, 6.07) is 0. The molecule has 0 rings (SSSR count). The highest BCUT2D eigenvalue weighted by Crippen LogP contribution is 2.12. The van der Waals surface area contributed by atoms with Crippen molar-refractivity contribution in [3.05, 3.63) is 0 Å². The molecule has 0 saturated heterocycles. The van der Waals surface area contributed by atoms with Crippen LogP contribution in [0.25, 0.3) is 0 Å². The van der Waals surface area contributed by atoms with Gasteiger partial charge in [0.1, 0.15) is 0 Å². The quantitative estimate of drug-likeness (QED) is 0.463. The number of aliphatic hydroxyl groups is 1. The smallest absolute Gasteiger partial charge is 0.291 e. The average Bonchev–Trinajstić information content (AvgIpc) is 2.20. The molecule has 0 aliphatic rings. The lowest BCUT2D eigenvalue weighted by atomic mass is 10.1. The SMILES string of the molecule is CCCCCCCCCCC(O)S(=O)(=O)O. The van der Waals surface area contributed by atoms with Crippen LogP contribution in [0.2, 0.25) is 0 Å². The highest BCUT2D eigenvalue weighted by Gasteiger charge is 2.18. The Balaban J connectivity index is 3.28. The van der Waals surface area contributed by atoms with Gasteiger partial charge in [0.2, 0.25) is 0 Å². The Bertz CT molecular complexity index is 249. The van der Waals surface area contributed by atoms with Crippen molar-refractivity contribution in [2.45, 2.75) is 70.1 Å². The van der Waals surface area contributed by atoms with Crippen molar-refractivity contribution in [2.24, 2.45) is 0 Å². The Morgan fingerprint density at radius 2 is 1.38 bits per heavy atom. The molecule has 0 aliphatic carbocycles. The molecular weight excluding hydrogens is 228 g/mol. The van der Waals surface area contributed by atoms with Crippen molar-refractivity contribution in [3.63, 3.8) is 0 Å². The minimum atomic E-state index is -4.25. The molecule has 0 aromatic heterocycles. The molecule has 0 aromatic rings. The van der Waals surface area contributed by atoms with E-state index in [1.54, 1.807) is 0 Å². The summed E-state index contributed by atoms with van der Waals surface area (Å²) in [5, 5.41) is 9.02. The fourth-order valence-electron chi connectivity index (χ4n) is 1.60. The van der Waals surface area contributed by atoms with Crippen LogP contribution in [0, 0.1) is 0 Å². The second-order valence-electron chi connectivity index (χ2n) is 4.23. The normalized spacial score (nSPS) is 13.9. The molecule has 0 heterocycles. The Labute approximate surface area is 98.8 Å². The van der Waals surface area contributed by atoms with Crippen molar-refractivity contribution >= 4 is 10.1 Å². The third-order valence-electron chi connectivity index (χ3n) is 2.65. The van der Waals surface area contributed by atoms with Gasteiger partial charge in [-0.2, -0.15) is 8.42 Å². The van der Waals surface area contributed by atoms with Gasteiger partial charge in [-0.1, -0.05) is 51.9 Å². The lowest BCUT2D eigenvalue weighted by Crippen LogP contribution is -2.19. The third-order valence-corrected chi connectivity index (χ3v) is 3.57. The number of aliphatic hydroxyl groups excluding tert-OH is 1. The molecule has 0 fully saturated rings. The van der Waals surface area contributed by atoms with Crippen LogP contribution in [0.15, 0.2) is 0 Å². The zero-order chi connectivity index (χ0) is 12.4. The van der Waals surface area contributed by atoms with E-state index in [4.69, 9.17) is 9.66 Å². The summed E-state index contributed by atoms with van der Waals surface area (Å²) in [7, 11) is -4.25. The first-order valence-corrected chi connectivity index (χ1v) is 7.63. The molecule has 5 heteroatoms. The van der Waals surface area contributed by atoms with Crippen LogP contribution in [0.1, 0.15) is 64.7 Å². The van der Waals surface area contributed by atoms with Crippen LogP contribution in [-0.2, 0) is 10.1 Å². The zero-order valence-electron chi connectivity index (χ0n) is 10.1. The molecule has 16 heavy (non-hydrogen) atoms. The molecule has 98 valence electrons. The zero-order valence-corrected chi connectivity index (χ0v) is 10.9. The minimum absolute atomic E-state index is 0.133. The lowest BCUT2D eigenvalue weighted by molar-refractivity contribution is 0.219. The molecule has 1 unspecified atom stereocenters. The molecule has 0 bridgehead atoms. The summed E-state index contributed by atoms with van der Waals surface area (Å²) < 4.78 is 29.5.